The number of hydrogen-bond acceptors (Lipinski definition) is 6. The number of aromatic nitrogens is 2. The smallest absolute Gasteiger partial charge is 0.258 e. The van der Waals surface area contributed by atoms with E-state index >= 15 is 0 Å². The summed E-state index contributed by atoms with van der Waals surface area (Å²) >= 11 is 1.60. The Labute approximate surface area is 232 Å². The number of carbonyl (C=O) groups excluding carboxylic acids is 2. The molecule has 0 unspecified atom stereocenters. The fourth-order valence-electron chi connectivity index (χ4n) is 5.19. The molecule has 0 radical (unpaired) electrons. The highest BCUT2D eigenvalue weighted by Gasteiger charge is 2.45. The first-order chi connectivity index (χ1) is 18.7. The Morgan fingerprint density at radius 2 is 1.77 bits per heavy atom. The molecular formula is C30H33N5O3S. The van der Waals surface area contributed by atoms with Crippen LogP contribution in [0, 0.1) is 5.41 Å². The van der Waals surface area contributed by atoms with E-state index in [0.717, 1.165) is 27.3 Å². The topological polar surface area (TPSA) is 78.8 Å². The molecule has 0 fully saturated rings. The summed E-state index contributed by atoms with van der Waals surface area (Å²) in [6.07, 6.45) is 3.65. The minimum atomic E-state index is -1.14. The van der Waals surface area contributed by atoms with E-state index in [1.807, 2.05) is 67.0 Å². The standard InChI is InChI=1S/C30H33N5O3S/c1-5-35-24-11-10-21(18-25(24)32(4)28(37)30(2,3)29(35)38)19-33(20-26-31-13-17-39-26)15-16-34-14-12-22-8-6-7-9-23(22)27(34)36/h6-14,17-18H,5,15-16,19-20H2,1-4H3. The first-order valence-electron chi connectivity index (χ1n) is 13.1. The van der Waals surface area contributed by atoms with Gasteiger partial charge in [-0.3, -0.25) is 19.3 Å². The molecule has 0 saturated carbocycles. The van der Waals surface area contributed by atoms with Crippen molar-refractivity contribution in [1.29, 1.82) is 0 Å². The summed E-state index contributed by atoms with van der Waals surface area (Å²) in [4.78, 5) is 49.6. The van der Waals surface area contributed by atoms with Gasteiger partial charge in [0.15, 0.2) is 0 Å². The zero-order valence-corrected chi connectivity index (χ0v) is 23.6. The molecular weight excluding hydrogens is 510 g/mol. The van der Waals surface area contributed by atoms with Crippen molar-refractivity contribution in [2.45, 2.75) is 40.4 Å². The molecule has 4 aromatic rings. The number of pyridine rings is 1. The molecule has 3 heterocycles. The molecule has 0 atom stereocenters. The van der Waals surface area contributed by atoms with Crippen LogP contribution >= 0.6 is 11.3 Å². The van der Waals surface area contributed by atoms with Gasteiger partial charge in [-0.05, 0) is 56.0 Å². The molecule has 2 aromatic heterocycles. The highest BCUT2D eigenvalue weighted by atomic mass is 32.1. The Morgan fingerprint density at radius 3 is 2.51 bits per heavy atom. The molecule has 39 heavy (non-hydrogen) atoms. The average Bonchev–Trinajstić information content (AvgIpc) is 3.44. The quantitative estimate of drug-likeness (QED) is 0.306. The lowest BCUT2D eigenvalue weighted by atomic mass is 9.90. The molecule has 202 valence electrons. The van der Waals surface area contributed by atoms with E-state index in [9.17, 15) is 14.4 Å². The van der Waals surface area contributed by atoms with Crippen LogP contribution in [-0.4, -0.2) is 46.4 Å². The van der Waals surface area contributed by atoms with Crippen molar-refractivity contribution in [1.82, 2.24) is 14.5 Å². The van der Waals surface area contributed by atoms with Crippen molar-refractivity contribution in [3.63, 3.8) is 0 Å². The number of fused-ring (bicyclic) bond motifs is 2. The van der Waals surface area contributed by atoms with Crippen molar-refractivity contribution in [3.05, 3.63) is 87.2 Å². The normalized spacial score (nSPS) is 15.2. The third-order valence-corrected chi connectivity index (χ3v) is 8.18. The molecule has 0 aliphatic carbocycles. The van der Waals surface area contributed by atoms with Gasteiger partial charge in [-0.2, -0.15) is 0 Å². The zero-order valence-electron chi connectivity index (χ0n) is 22.8. The maximum absolute atomic E-state index is 13.3. The monoisotopic (exact) mass is 543 g/mol. The highest BCUT2D eigenvalue weighted by molar-refractivity contribution is 7.09. The van der Waals surface area contributed by atoms with Crippen LogP contribution in [0.2, 0.25) is 0 Å². The fraction of sp³-hybridized carbons (Fsp3) is 0.333. The van der Waals surface area contributed by atoms with Gasteiger partial charge in [-0.15, -0.1) is 11.3 Å². The summed E-state index contributed by atoms with van der Waals surface area (Å²) in [7, 11) is 1.73. The van der Waals surface area contributed by atoms with Crippen molar-refractivity contribution >= 4 is 45.3 Å². The van der Waals surface area contributed by atoms with Crippen LogP contribution in [0.1, 0.15) is 31.3 Å². The van der Waals surface area contributed by atoms with E-state index < -0.39 is 5.41 Å². The maximum Gasteiger partial charge on any atom is 0.258 e. The Hall–Kier alpha value is -3.82. The summed E-state index contributed by atoms with van der Waals surface area (Å²) in [5.41, 5.74) is 1.33. The van der Waals surface area contributed by atoms with Crippen LogP contribution in [0.4, 0.5) is 11.4 Å². The number of nitrogens with zero attached hydrogens (tertiary/aromatic N) is 5. The summed E-state index contributed by atoms with van der Waals surface area (Å²) in [5.74, 6) is -0.420. The highest BCUT2D eigenvalue weighted by Crippen LogP contribution is 2.39. The van der Waals surface area contributed by atoms with Gasteiger partial charge in [-0.25, -0.2) is 4.98 Å². The third kappa shape index (κ3) is 5.12. The molecule has 0 spiro atoms. The SMILES string of the molecule is CCN1C(=O)C(C)(C)C(=O)N(C)c2cc(CN(CCn3ccc4ccccc4c3=O)Cc3nccs3)ccc21. The molecule has 1 aliphatic heterocycles. The largest absolute Gasteiger partial charge is 0.314 e. The molecule has 5 rings (SSSR count). The Kier molecular flexibility index (Phi) is 7.38. The third-order valence-electron chi connectivity index (χ3n) is 7.42. The first-order valence-corrected chi connectivity index (χ1v) is 14.0. The number of anilines is 2. The second kappa shape index (κ2) is 10.7. The number of carbonyl (C=O) groups is 2. The van der Waals surface area contributed by atoms with E-state index in [0.29, 0.717) is 38.1 Å². The second-order valence-corrected chi connectivity index (χ2v) is 11.4. The van der Waals surface area contributed by atoms with Gasteiger partial charge in [0.25, 0.3) is 5.56 Å². The molecule has 2 aromatic carbocycles. The van der Waals surface area contributed by atoms with Crippen LogP contribution in [0.5, 0.6) is 0 Å². The van der Waals surface area contributed by atoms with Crippen molar-refractivity contribution in [2.75, 3.05) is 29.9 Å². The Morgan fingerprint density at radius 1 is 0.974 bits per heavy atom. The molecule has 2 amide bonds. The van der Waals surface area contributed by atoms with Crippen molar-refractivity contribution in [2.24, 2.45) is 5.41 Å². The predicted octanol–water partition coefficient (Wildman–Crippen LogP) is 4.52. The van der Waals surface area contributed by atoms with Crippen LogP contribution in [0.15, 0.2) is 71.1 Å². The van der Waals surface area contributed by atoms with E-state index in [1.165, 1.54) is 0 Å². The number of benzene rings is 2. The first kappa shape index (κ1) is 26.8. The van der Waals surface area contributed by atoms with Crippen LogP contribution in [0.25, 0.3) is 10.8 Å². The minimum absolute atomic E-state index is 0.000551. The molecule has 0 saturated heterocycles. The summed E-state index contributed by atoms with van der Waals surface area (Å²) in [6.45, 7) is 8.18. The zero-order chi connectivity index (χ0) is 27.7. The lowest BCUT2D eigenvalue weighted by Crippen LogP contribution is -2.47. The number of thiazole rings is 1. The number of amides is 2. The Balaban J connectivity index is 1.43. The van der Waals surface area contributed by atoms with Gasteiger partial charge in [0, 0.05) is 56.4 Å². The van der Waals surface area contributed by atoms with Crippen molar-refractivity contribution < 1.29 is 9.59 Å². The van der Waals surface area contributed by atoms with Gasteiger partial charge in [0.2, 0.25) is 11.8 Å². The van der Waals surface area contributed by atoms with Gasteiger partial charge < -0.3 is 14.4 Å². The van der Waals surface area contributed by atoms with Gasteiger partial charge >= 0.3 is 0 Å². The minimum Gasteiger partial charge on any atom is -0.314 e. The molecule has 9 heteroatoms. The molecule has 1 aliphatic rings. The van der Waals surface area contributed by atoms with Gasteiger partial charge in [0.05, 0.1) is 17.9 Å². The Bertz CT molecular complexity index is 1580. The summed E-state index contributed by atoms with van der Waals surface area (Å²) < 4.78 is 1.76. The second-order valence-electron chi connectivity index (χ2n) is 10.4. The number of rotatable bonds is 8. The molecule has 0 bridgehead atoms. The van der Waals surface area contributed by atoms with E-state index in [4.69, 9.17) is 0 Å². The molecule has 0 N–H and O–H groups in total. The summed E-state index contributed by atoms with van der Waals surface area (Å²) in [6, 6.07) is 15.6. The van der Waals surface area contributed by atoms with Crippen LogP contribution in [-0.2, 0) is 29.2 Å². The van der Waals surface area contributed by atoms with Crippen LogP contribution < -0.4 is 15.4 Å². The fourth-order valence-corrected chi connectivity index (χ4v) is 5.85. The lowest BCUT2D eigenvalue weighted by Gasteiger charge is -2.27. The van der Waals surface area contributed by atoms with Gasteiger partial charge in [0.1, 0.15) is 10.4 Å². The van der Waals surface area contributed by atoms with Gasteiger partial charge in [-0.1, -0.05) is 24.3 Å². The van der Waals surface area contributed by atoms with Crippen molar-refractivity contribution in [3.8, 4) is 0 Å². The van der Waals surface area contributed by atoms with Crippen LogP contribution in [0.3, 0.4) is 0 Å². The van der Waals surface area contributed by atoms with E-state index in [1.54, 1.807) is 52.8 Å². The van der Waals surface area contributed by atoms with E-state index in [-0.39, 0.29) is 17.4 Å². The maximum atomic E-state index is 13.3. The lowest BCUT2D eigenvalue weighted by molar-refractivity contribution is -0.137. The number of hydrogen-bond donors (Lipinski definition) is 0. The molecule has 8 nitrogen and oxygen atoms in total. The summed E-state index contributed by atoms with van der Waals surface area (Å²) in [5, 5.41) is 4.60. The predicted molar refractivity (Wildman–Crippen MR) is 156 cm³/mol. The average molecular weight is 544 g/mol. The van der Waals surface area contributed by atoms with E-state index in [2.05, 4.69) is 9.88 Å².